The van der Waals surface area contributed by atoms with Crippen molar-refractivity contribution in [2.75, 3.05) is 11.9 Å². The van der Waals surface area contributed by atoms with E-state index in [1.165, 1.54) is 3.57 Å². The van der Waals surface area contributed by atoms with Crippen LogP contribution in [0.2, 0.25) is 0 Å². The van der Waals surface area contributed by atoms with E-state index in [1.54, 1.807) is 0 Å². The Bertz CT molecular complexity index is 393. The minimum Gasteiger partial charge on any atom is -0.330 e. The smallest absolute Gasteiger partial charge is 0.227 e. The van der Waals surface area contributed by atoms with Crippen LogP contribution >= 0.6 is 22.6 Å². The van der Waals surface area contributed by atoms with Gasteiger partial charge in [-0.1, -0.05) is 6.92 Å². The first kappa shape index (κ1) is 14.4. The molecule has 0 heterocycles. The lowest BCUT2D eigenvalue weighted by Gasteiger charge is -2.13. The zero-order valence-electron chi connectivity index (χ0n) is 10.3. The van der Waals surface area contributed by atoms with Crippen LogP contribution in [0, 0.1) is 16.4 Å². The molecule has 1 aromatic rings. The van der Waals surface area contributed by atoms with Crippen molar-refractivity contribution in [3.63, 3.8) is 0 Å². The number of carbonyl (C=O) groups excluding carboxylic acids is 1. The summed E-state index contributed by atoms with van der Waals surface area (Å²) in [5, 5.41) is 2.96. The first-order chi connectivity index (χ1) is 8.04. The molecule has 0 aliphatic rings. The molecule has 1 aromatic carbocycles. The van der Waals surface area contributed by atoms with Crippen molar-refractivity contribution in [1.29, 1.82) is 0 Å². The van der Waals surface area contributed by atoms with Crippen LogP contribution in [0.15, 0.2) is 18.2 Å². The fourth-order valence-corrected chi connectivity index (χ4v) is 2.23. The molecule has 1 amide bonds. The van der Waals surface area contributed by atoms with Gasteiger partial charge in [-0.15, -0.1) is 0 Å². The molecule has 0 fully saturated rings. The summed E-state index contributed by atoms with van der Waals surface area (Å²) < 4.78 is 1.18. The molecule has 3 nitrogen and oxygen atoms in total. The normalized spacial score (nSPS) is 12.2. The summed E-state index contributed by atoms with van der Waals surface area (Å²) in [6.07, 6.45) is 1.73. The molecule has 0 radical (unpaired) electrons. The molecular weight excluding hydrogens is 327 g/mol. The van der Waals surface area contributed by atoms with Gasteiger partial charge < -0.3 is 11.1 Å². The zero-order valence-corrected chi connectivity index (χ0v) is 12.5. The van der Waals surface area contributed by atoms with E-state index in [0.29, 0.717) is 6.54 Å². The second kappa shape index (κ2) is 6.96. The molecule has 1 atom stereocenters. The first-order valence-corrected chi connectivity index (χ1v) is 6.89. The minimum atomic E-state index is 0.0113. The second-order valence-electron chi connectivity index (χ2n) is 4.28. The molecule has 1 rings (SSSR count). The molecule has 94 valence electrons. The molecule has 17 heavy (non-hydrogen) atoms. The third-order valence-corrected chi connectivity index (χ3v) is 3.41. The molecule has 0 aliphatic carbocycles. The van der Waals surface area contributed by atoms with Crippen LogP contribution in [0.25, 0.3) is 0 Å². The predicted molar refractivity (Wildman–Crippen MR) is 80.0 cm³/mol. The molecule has 0 aromatic heterocycles. The number of hydrogen-bond acceptors (Lipinski definition) is 2. The highest BCUT2D eigenvalue weighted by Gasteiger charge is 2.13. The maximum Gasteiger partial charge on any atom is 0.227 e. The standard InChI is InChI=1S/C13H19IN2O/c1-9(4-3-7-15)13(17)16-12-6-5-11(14)8-10(12)2/h5-6,8-9H,3-4,7,15H2,1-2H3,(H,16,17). The number of aryl methyl sites for hydroxylation is 1. The van der Waals surface area contributed by atoms with Gasteiger partial charge in [0.25, 0.3) is 0 Å². The lowest BCUT2D eigenvalue weighted by atomic mass is 10.0. The van der Waals surface area contributed by atoms with Crippen molar-refractivity contribution >= 4 is 34.2 Å². The molecule has 0 spiro atoms. The number of hydrogen-bond donors (Lipinski definition) is 2. The highest BCUT2D eigenvalue weighted by molar-refractivity contribution is 14.1. The van der Waals surface area contributed by atoms with Crippen LogP contribution in [0.1, 0.15) is 25.3 Å². The highest BCUT2D eigenvalue weighted by atomic mass is 127. The van der Waals surface area contributed by atoms with Crippen molar-refractivity contribution in [3.05, 3.63) is 27.3 Å². The van der Waals surface area contributed by atoms with Gasteiger partial charge in [-0.2, -0.15) is 0 Å². The van der Waals surface area contributed by atoms with Crippen molar-refractivity contribution in [2.24, 2.45) is 11.7 Å². The third kappa shape index (κ3) is 4.63. The van der Waals surface area contributed by atoms with E-state index < -0.39 is 0 Å². The van der Waals surface area contributed by atoms with E-state index in [-0.39, 0.29) is 11.8 Å². The Morgan fingerprint density at radius 1 is 1.53 bits per heavy atom. The molecule has 4 heteroatoms. The number of rotatable bonds is 5. The Kier molecular flexibility index (Phi) is 5.91. The van der Waals surface area contributed by atoms with E-state index in [2.05, 4.69) is 34.0 Å². The number of benzene rings is 1. The Labute approximate surface area is 116 Å². The van der Waals surface area contributed by atoms with Gasteiger partial charge in [0, 0.05) is 15.2 Å². The summed E-state index contributed by atoms with van der Waals surface area (Å²) >= 11 is 2.26. The fourth-order valence-electron chi connectivity index (χ4n) is 1.58. The number of halogens is 1. The second-order valence-corrected chi connectivity index (χ2v) is 5.53. The Balaban J connectivity index is 2.61. The van der Waals surface area contributed by atoms with Crippen molar-refractivity contribution in [2.45, 2.75) is 26.7 Å². The summed E-state index contributed by atoms with van der Waals surface area (Å²) in [6.45, 7) is 4.58. The Morgan fingerprint density at radius 2 is 2.24 bits per heavy atom. The van der Waals surface area contributed by atoms with Crippen molar-refractivity contribution < 1.29 is 4.79 Å². The molecule has 0 saturated heterocycles. The van der Waals surface area contributed by atoms with E-state index in [0.717, 1.165) is 24.1 Å². The van der Waals surface area contributed by atoms with Gasteiger partial charge in [-0.25, -0.2) is 0 Å². The van der Waals surface area contributed by atoms with Crippen LogP contribution in [-0.4, -0.2) is 12.5 Å². The van der Waals surface area contributed by atoms with Crippen LogP contribution in [0.3, 0.4) is 0 Å². The first-order valence-electron chi connectivity index (χ1n) is 5.81. The molecule has 3 N–H and O–H groups in total. The third-order valence-electron chi connectivity index (χ3n) is 2.74. The minimum absolute atomic E-state index is 0.0113. The number of nitrogens with one attached hydrogen (secondary N) is 1. The molecule has 1 unspecified atom stereocenters. The summed E-state index contributed by atoms with van der Waals surface area (Å²) in [4.78, 5) is 11.9. The zero-order chi connectivity index (χ0) is 12.8. The van der Waals surface area contributed by atoms with E-state index in [1.807, 2.05) is 26.0 Å². The van der Waals surface area contributed by atoms with Crippen molar-refractivity contribution in [1.82, 2.24) is 0 Å². The van der Waals surface area contributed by atoms with Gasteiger partial charge >= 0.3 is 0 Å². The molecule has 0 saturated carbocycles. The molecule has 0 bridgehead atoms. The maximum absolute atomic E-state index is 11.9. The Hall–Kier alpha value is -0.620. The van der Waals surface area contributed by atoms with Gasteiger partial charge in [0.1, 0.15) is 0 Å². The summed E-state index contributed by atoms with van der Waals surface area (Å²) in [5.74, 6) is 0.0833. The average Bonchev–Trinajstić information content (AvgIpc) is 2.29. The van der Waals surface area contributed by atoms with E-state index in [9.17, 15) is 4.79 Å². The quantitative estimate of drug-likeness (QED) is 0.806. The van der Waals surface area contributed by atoms with Gasteiger partial charge in [-0.05, 0) is 72.7 Å². The van der Waals surface area contributed by atoms with Crippen LogP contribution < -0.4 is 11.1 Å². The predicted octanol–water partition coefficient (Wildman–Crippen LogP) is 2.91. The summed E-state index contributed by atoms with van der Waals surface area (Å²) in [7, 11) is 0. The number of carbonyl (C=O) groups is 1. The lowest BCUT2D eigenvalue weighted by Crippen LogP contribution is -2.21. The van der Waals surface area contributed by atoms with Crippen LogP contribution in [-0.2, 0) is 4.79 Å². The molecule has 0 aliphatic heterocycles. The number of amides is 1. The SMILES string of the molecule is Cc1cc(I)ccc1NC(=O)C(C)CCCN. The summed E-state index contributed by atoms with van der Waals surface area (Å²) in [6, 6.07) is 6.00. The monoisotopic (exact) mass is 346 g/mol. The molecular formula is C13H19IN2O. The van der Waals surface area contributed by atoms with Gasteiger partial charge in [0.15, 0.2) is 0 Å². The van der Waals surface area contributed by atoms with E-state index in [4.69, 9.17) is 5.73 Å². The largest absolute Gasteiger partial charge is 0.330 e. The summed E-state index contributed by atoms with van der Waals surface area (Å²) in [5.41, 5.74) is 7.43. The maximum atomic E-state index is 11.9. The van der Waals surface area contributed by atoms with E-state index >= 15 is 0 Å². The van der Waals surface area contributed by atoms with Crippen LogP contribution in [0.4, 0.5) is 5.69 Å². The Morgan fingerprint density at radius 3 is 2.82 bits per heavy atom. The number of anilines is 1. The van der Waals surface area contributed by atoms with Gasteiger partial charge in [-0.3, -0.25) is 4.79 Å². The van der Waals surface area contributed by atoms with Crippen LogP contribution in [0.5, 0.6) is 0 Å². The average molecular weight is 346 g/mol. The lowest BCUT2D eigenvalue weighted by molar-refractivity contribution is -0.119. The van der Waals surface area contributed by atoms with Gasteiger partial charge in [0.2, 0.25) is 5.91 Å². The van der Waals surface area contributed by atoms with Gasteiger partial charge in [0.05, 0.1) is 0 Å². The fraction of sp³-hybridized carbons (Fsp3) is 0.462. The van der Waals surface area contributed by atoms with Crippen molar-refractivity contribution in [3.8, 4) is 0 Å². The number of nitrogens with two attached hydrogens (primary N) is 1. The topological polar surface area (TPSA) is 55.1 Å². The highest BCUT2D eigenvalue weighted by Crippen LogP contribution is 2.19.